The summed E-state index contributed by atoms with van der Waals surface area (Å²) < 4.78 is 0. The normalized spacial score (nSPS) is 29.6. The molecule has 5 heteroatoms. The molecule has 3 rings (SSSR count). The van der Waals surface area contributed by atoms with Crippen LogP contribution in [0.1, 0.15) is 30.9 Å². The van der Waals surface area contributed by atoms with Crippen LogP contribution in [-0.4, -0.2) is 17.0 Å². The van der Waals surface area contributed by atoms with E-state index in [0.717, 1.165) is 30.2 Å². The Kier molecular flexibility index (Phi) is 3.34. The van der Waals surface area contributed by atoms with Gasteiger partial charge in [0.25, 0.3) is 0 Å². The molecule has 2 aliphatic rings. The minimum Gasteiger partial charge on any atom is -0.409 e. The number of benzene rings is 1. The molecule has 1 aromatic carbocycles. The minimum absolute atomic E-state index is 0.00714. The molecule has 0 saturated heterocycles. The van der Waals surface area contributed by atoms with E-state index in [2.05, 4.69) is 10.5 Å². The van der Waals surface area contributed by atoms with Gasteiger partial charge in [0.2, 0.25) is 5.91 Å². The zero-order chi connectivity index (χ0) is 14.1. The van der Waals surface area contributed by atoms with Gasteiger partial charge < -0.3 is 16.3 Å². The third-order valence-electron chi connectivity index (χ3n) is 4.45. The van der Waals surface area contributed by atoms with E-state index >= 15 is 0 Å². The fraction of sp³-hybridized carbons (Fsp3) is 0.467. The lowest BCUT2D eigenvalue weighted by molar-refractivity contribution is -0.125. The second-order valence-electron chi connectivity index (χ2n) is 5.80. The van der Waals surface area contributed by atoms with E-state index in [4.69, 9.17) is 10.9 Å². The highest BCUT2D eigenvalue weighted by Gasteiger charge is 2.48. The van der Waals surface area contributed by atoms with E-state index in [1.54, 1.807) is 0 Å². The summed E-state index contributed by atoms with van der Waals surface area (Å²) in [7, 11) is 0. The summed E-state index contributed by atoms with van der Waals surface area (Å²) in [6.45, 7) is 0. The quantitative estimate of drug-likeness (QED) is 0.337. The first-order valence-electron chi connectivity index (χ1n) is 7.01. The lowest BCUT2D eigenvalue weighted by Gasteiger charge is -2.20. The van der Waals surface area contributed by atoms with Crippen LogP contribution in [0.5, 0.6) is 0 Å². The Morgan fingerprint density at radius 1 is 1.25 bits per heavy atom. The first-order valence-corrected chi connectivity index (χ1v) is 7.01. The molecule has 4 N–H and O–H groups in total. The van der Waals surface area contributed by atoms with Crippen LogP contribution in [-0.2, 0) is 4.79 Å². The van der Waals surface area contributed by atoms with Gasteiger partial charge >= 0.3 is 0 Å². The van der Waals surface area contributed by atoms with Crippen LogP contribution in [0.2, 0.25) is 0 Å². The summed E-state index contributed by atoms with van der Waals surface area (Å²) >= 11 is 0. The summed E-state index contributed by atoms with van der Waals surface area (Å²) in [5.74, 6) is 1.61. The van der Waals surface area contributed by atoms with Gasteiger partial charge in [-0.3, -0.25) is 4.79 Å². The number of carbonyl (C=O) groups is 1. The SMILES string of the molecule is N/C(=N/O)C(NC(=O)C1CC2CC2C1)c1ccccc1. The molecule has 5 nitrogen and oxygen atoms in total. The number of amides is 1. The molecule has 0 spiro atoms. The largest absolute Gasteiger partial charge is 0.409 e. The molecule has 0 heterocycles. The lowest BCUT2D eigenvalue weighted by atomic mass is 10.0. The fourth-order valence-electron chi connectivity index (χ4n) is 3.22. The van der Waals surface area contributed by atoms with Gasteiger partial charge in [-0.05, 0) is 36.7 Å². The molecule has 2 fully saturated rings. The number of oxime groups is 1. The van der Waals surface area contributed by atoms with Crippen molar-refractivity contribution in [3.8, 4) is 0 Å². The van der Waals surface area contributed by atoms with Crippen LogP contribution < -0.4 is 11.1 Å². The van der Waals surface area contributed by atoms with Gasteiger partial charge in [0, 0.05) is 5.92 Å². The second-order valence-corrected chi connectivity index (χ2v) is 5.80. The number of hydrogen-bond donors (Lipinski definition) is 3. The van der Waals surface area contributed by atoms with Gasteiger partial charge in [-0.2, -0.15) is 0 Å². The molecule has 0 radical (unpaired) electrons. The van der Waals surface area contributed by atoms with Crippen LogP contribution in [0.3, 0.4) is 0 Å². The highest BCUT2D eigenvalue weighted by atomic mass is 16.4. The van der Waals surface area contributed by atoms with Crippen molar-refractivity contribution >= 4 is 11.7 Å². The molecule has 2 aliphatic carbocycles. The highest BCUT2D eigenvalue weighted by Crippen LogP contribution is 2.54. The van der Waals surface area contributed by atoms with Gasteiger partial charge in [0.05, 0.1) is 0 Å². The monoisotopic (exact) mass is 273 g/mol. The maximum Gasteiger partial charge on any atom is 0.223 e. The summed E-state index contributed by atoms with van der Waals surface area (Å²) in [5, 5.41) is 14.9. The molecule has 3 unspecified atom stereocenters. The molecule has 20 heavy (non-hydrogen) atoms. The Hall–Kier alpha value is -2.04. The van der Waals surface area contributed by atoms with Gasteiger partial charge in [-0.1, -0.05) is 35.5 Å². The second kappa shape index (κ2) is 5.15. The maximum absolute atomic E-state index is 12.3. The lowest BCUT2D eigenvalue weighted by Crippen LogP contribution is -2.40. The summed E-state index contributed by atoms with van der Waals surface area (Å²) in [4.78, 5) is 12.3. The third-order valence-corrected chi connectivity index (χ3v) is 4.45. The fourth-order valence-corrected chi connectivity index (χ4v) is 3.22. The Bertz CT molecular complexity index is 519. The van der Waals surface area contributed by atoms with E-state index in [0.29, 0.717) is 0 Å². The van der Waals surface area contributed by atoms with Crippen LogP contribution in [0, 0.1) is 17.8 Å². The van der Waals surface area contributed by atoms with Gasteiger partial charge in [0.1, 0.15) is 6.04 Å². The summed E-state index contributed by atoms with van der Waals surface area (Å²) in [6, 6.07) is 8.77. The first kappa shape index (κ1) is 13.0. The molecule has 0 bridgehead atoms. The molecule has 1 aromatic rings. The number of nitrogens with zero attached hydrogens (tertiary/aromatic N) is 1. The molecular formula is C15H19N3O2. The molecule has 0 aromatic heterocycles. The van der Waals surface area contributed by atoms with Crippen molar-refractivity contribution in [3.05, 3.63) is 35.9 Å². The van der Waals surface area contributed by atoms with Crippen LogP contribution >= 0.6 is 0 Å². The van der Waals surface area contributed by atoms with Crippen molar-refractivity contribution in [3.63, 3.8) is 0 Å². The van der Waals surface area contributed by atoms with Crippen molar-refractivity contribution in [1.82, 2.24) is 5.32 Å². The van der Waals surface area contributed by atoms with E-state index in [9.17, 15) is 4.79 Å². The van der Waals surface area contributed by atoms with Crippen molar-refractivity contribution in [1.29, 1.82) is 0 Å². The molecule has 106 valence electrons. The molecule has 2 saturated carbocycles. The van der Waals surface area contributed by atoms with Crippen molar-refractivity contribution in [2.45, 2.75) is 25.3 Å². The number of nitrogens with two attached hydrogens (primary N) is 1. The zero-order valence-corrected chi connectivity index (χ0v) is 11.2. The Morgan fingerprint density at radius 3 is 2.50 bits per heavy atom. The van der Waals surface area contributed by atoms with Crippen LogP contribution in [0.15, 0.2) is 35.5 Å². The molecule has 3 atom stereocenters. The predicted octanol–water partition coefficient (Wildman–Crippen LogP) is 1.64. The maximum atomic E-state index is 12.3. The topological polar surface area (TPSA) is 87.7 Å². The van der Waals surface area contributed by atoms with E-state index < -0.39 is 6.04 Å². The van der Waals surface area contributed by atoms with Gasteiger partial charge in [0.15, 0.2) is 5.84 Å². The van der Waals surface area contributed by atoms with E-state index in [-0.39, 0.29) is 17.7 Å². The summed E-state index contributed by atoms with van der Waals surface area (Å²) in [6.07, 6.45) is 3.24. The van der Waals surface area contributed by atoms with Crippen molar-refractivity contribution < 1.29 is 10.0 Å². The Labute approximate surface area is 117 Å². The predicted molar refractivity (Wildman–Crippen MR) is 75.1 cm³/mol. The number of fused-ring (bicyclic) bond motifs is 1. The van der Waals surface area contributed by atoms with Crippen LogP contribution in [0.25, 0.3) is 0 Å². The third kappa shape index (κ3) is 2.48. The first-order chi connectivity index (χ1) is 9.69. The van der Waals surface area contributed by atoms with E-state index in [1.165, 1.54) is 6.42 Å². The van der Waals surface area contributed by atoms with Crippen LogP contribution in [0.4, 0.5) is 0 Å². The van der Waals surface area contributed by atoms with E-state index in [1.807, 2.05) is 30.3 Å². The number of carbonyl (C=O) groups excluding carboxylic acids is 1. The average Bonchev–Trinajstić information content (AvgIpc) is 3.10. The number of hydrogen-bond acceptors (Lipinski definition) is 3. The summed E-state index contributed by atoms with van der Waals surface area (Å²) in [5.41, 5.74) is 6.54. The number of rotatable bonds is 4. The zero-order valence-electron chi connectivity index (χ0n) is 11.2. The Morgan fingerprint density at radius 2 is 1.90 bits per heavy atom. The number of nitrogens with one attached hydrogen (secondary N) is 1. The molecular weight excluding hydrogens is 254 g/mol. The average molecular weight is 273 g/mol. The highest BCUT2D eigenvalue weighted by molar-refractivity contribution is 5.91. The molecule has 0 aliphatic heterocycles. The minimum atomic E-state index is -0.564. The number of amidine groups is 1. The standard InChI is InChI=1S/C15H19N3O2/c16-14(18-20)13(9-4-2-1-3-5-9)17-15(19)12-7-10-6-11(10)8-12/h1-5,10-13,20H,6-8H2,(H2,16,18)(H,17,19). The smallest absolute Gasteiger partial charge is 0.223 e. The molecule has 1 amide bonds. The Balaban J connectivity index is 1.71. The van der Waals surface area contributed by atoms with Crippen molar-refractivity contribution in [2.24, 2.45) is 28.6 Å². The van der Waals surface area contributed by atoms with Gasteiger partial charge in [-0.25, -0.2) is 0 Å². The van der Waals surface area contributed by atoms with Gasteiger partial charge in [-0.15, -0.1) is 0 Å². The van der Waals surface area contributed by atoms with Crippen molar-refractivity contribution in [2.75, 3.05) is 0 Å².